The van der Waals surface area contributed by atoms with E-state index in [0.29, 0.717) is 0 Å². The highest BCUT2D eigenvalue weighted by Gasteiger charge is 2.51. The predicted molar refractivity (Wildman–Crippen MR) is 219 cm³/mol. The Hall–Kier alpha value is -8.40. The lowest BCUT2D eigenvalue weighted by atomic mass is 9.73. The molecule has 21 nitrogen and oxygen atoms in total. The predicted octanol–water partition coefficient (Wildman–Crippen LogP) is 3.56. The van der Waals surface area contributed by atoms with Crippen molar-refractivity contribution in [1.29, 1.82) is 0 Å². The lowest BCUT2D eigenvalue weighted by Crippen LogP contribution is -2.39. The molecule has 21 heteroatoms. The summed E-state index contributed by atoms with van der Waals surface area (Å²) >= 11 is 0. The Morgan fingerprint density at radius 1 is 0.348 bits per heavy atom. The maximum absolute atomic E-state index is 12.5. The quantitative estimate of drug-likeness (QED) is 0.110. The number of ether oxygens (including phenoxy) is 3. The number of hydrogen-bond acceptors (Lipinski definition) is 21. The van der Waals surface area contributed by atoms with Crippen molar-refractivity contribution in [3.63, 3.8) is 0 Å². The minimum absolute atomic E-state index is 0.131. The van der Waals surface area contributed by atoms with Gasteiger partial charge in [-0.05, 0) is 36.4 Å². The maximum Gasteiger partial charge on any atom is 0.200 e. The fourth-order valence-corrected chi connectivity index (χ4v) is 9.16. The monoisotopic (exact) mass is 914 g/mol. The smallest absolute Gasteiger partial charge is 0.200 e. The molecule has 18 N–H and O–H groups in total. The van der Waals surface area contributed by atoms with Gasteiger partial charge in [-0.1, -0.05) is 0 Å². The standard InChI is InChI=1S/C45H38O21/c46-15-7-18(48)30-29(8-15)64-42(13-3-24(54)37(60)25(55)4-13)39(62)34(30)32-20(50)11-21(51)33-35(40(63)43(66-45(32)33)14-5-26(56)38(61)27(57)6-14)31-19(49)10-17(47)16-9-28(58)41(65-44(16)31)12-1-22(52)36(59)23(53)2-12/h1-8,10-11,28,34-35,39-43,46-63H,9H2/t28-,34-,35-,39-,40-,41-,42+,43+/m0/s1. The zero-order valence-electron chi connectivity index (χ0n) is 33.4. The van der Waals surface area contributed by atoms with Crippen LogP contribution in [0.3, 0.4) is 0 Å². The van der Waals surface area contributed by atoms with Crippen LogP contribution in [-0.2, 0) is 6.42 Å². The van der Waals surface area contributed by atoms with Crippen molar-refractivity contribution >= 4 is 0 Å². The molecule has 0 aliphatic carbocycles. The average molecular weight is 915 g/mol. The van der Waals surface area contributed by atoms with Gasteiger partial charge in [-0.3, -0.25) is 0 Å². The summed E-state index contributed by atoms with van der Waals surface area (Å²) in [5.74, 6) is -17.6. The van der Waals surface area contributed by atoms with Crippen LogP contribution in [0.4, 0.5) is 0 Å². The Labute approximate surface area is 369 Å². The number of phenolic OH excluding ortho intramolecular Hbond substituents is 15. The van der Waals surface area contributed by atoms with E-state index in [2.05, 4.69) is 0 Å². The van der Waals surface area contributed by atoms with E-state index in [-0.39, 0.29) is 33.6 Å². The third-order valence-electron chi connectivity index (χ3n) is 12.1. The van der Waals surface area contributed by atoms with E-state index in [4.69, 9.17) is 14.2 Å². The molecule has 9 rings (SSSR count). The molecule has 0 unspecified atom stereocenters. The summed E-state index contributed by atoms with van der Waals surface area (Å²) < 4.78 is 18.6. The molecular weight excluding hydrogens is 876 g/mol. The minimum Gasteiger partial charge on any atom is -0.508 e. The summed E-state index contributed by atoms with van der Waals surface area (Å²) in [5.41, 5.74) is -2.62. The Morgan fingerprint density at radius 2 is 0.712 bits per heavy atom. The molecule has 0 spiro atoms. The maximum atomic E-state index is 12.5. The first-order chi connectivity index (χ1) is 31.2. The minimum atomic E-state index is -2.09. The van der Waals surface area contributed by atoms with Gasteiger partial charge in [0.05, 0.1) is 17.9 Å². The van der Waals surface area contributed by atoms with Crippen LogP contribution in [0.15, 0.2) is 60.7 Å². The summed E-state index contributed by atoms with van der Waals surface area (Å²) in [6.45, 7) is 0. The highest BCUT2D eigenvalue weighted by Crippen LogP contribution is 2.62. The molecular formula is C45H38O21. The second kappa shape index (κ2) is 15.1. The van der Waals surface area contributed by atoms with Crippen LogP contribution in [0.1, 0.15) is 74.7 Å². The number of hydrogen-bond donors (Lipinski definition) is 18. The number of rotatable bonds is 5. The van der Waals surface area contributed by atoms with Crippen LogP contribution in [0.5, 0.6) is 103 Å². The molecule has 0 saturated carbocycles. The molecule has 0 saturated heterocycles. The molecule has 6 aromatic carbocycles. The summed E-state index contributed by atoms with van der Waals surface area (Å²) in [5, 5.41) is 198. The van der Waals surface area contributed by atoms with Crippen molar-refractivity contribution < 1.29 is 106 Å². The zero-order valence-corrected chi connectivity index (χ0v) is 33.4. The van der Waals surface area contributed by atoms with Crippen LogP contribution >= 0.6 is 0 Å². The van der Waals surface area contributed by atoms with E-state index in [1.165, 1.54) is 0 Å². The Kier molecular flexibility index (Phi) is 9.82. The molecule has 0 aromatic heterocycles. The molecule has 0 amide bonds. The average Bonchev–Trinajstić information content (AvgIpc) is 3.24. The van der Waals surface area contributed by atoms with Gasteiger partial charge in [0.1, 0.15) is 64.0 Å². The Morgan fingerprint density at radius 3 is 1.18 bits per heavy atom. The van der Waals surface area contributed by atoms with E-state index in [9.17, 15) is 91.9 Å². The van der Waals surface area contributed by atoms with Gasteiger partial charge in [0.25, 0.3) is 0 Å². The van der Waals surface area contributed by atoms with Crippen LogP contribution in [0, 0.1) is 0 Å². The van der Waals surface area contributed by atoms with Gasteiger partial charge in [-0.15, -0.1) is 0 Å². The first-order valence-electron chi connectivity index (χ1n) is 19.7. The van der Waals surface area contributed by atoms with Gasteiger partial charge >= 0.3 is 0 Å². The summed E-state index contributed by atoms with van der Waals surface area (Å²) in [6.07, 6.45) is -11.3. The summed E-state index contributed by atoms with van der Waals surface area (Å²) in [4.78, 5) is 0. The number of fused-ring (bicyclic) bond motifs is 3. The van der Waals surface area contributed by atoms with Crippen molar-refractivity contribution in [2.75, 3.05) is 0 Å². The number of benzene rings is 6. The van der Waals surface area contributed by atoms with Crippen LogP contribution in [0.2, 0.25) is 0 Å². The van der Waals surface area contributed by atoms with Crippen molar-refractivity contribution in [2.24, 2.45) is 0 Å². The molecule has 0 fully saturated rings. The topological polar surface area (TPSA) is 392 Å². The fraction of sp³-hybridized carbons (Fsp3) is 0.200. The second-order valence-electron chi connectivity index (χ2n) is 16.1. The van der Waals surface area contributed by atoms with Crippen molar-refractivity contribution in [1.82, 2.24) is 0 Å². The number of aliphatic hydroxyl groups is 3. The van der Waals surface area contributed by atoms with Crippen LogP contribution < -0.4 is 14.2 Å². The molecule has 8 atom stereocenters. The summed E-state index contributed by atoms with van der Waals surface area (Å²) in [7, 11) is 0. The molecule has 66 heavy (non-hydrogen) atoms. The van der Waals surface area contributed by atoms with E-state index >= 15 is 0 Å². The molecule has 3 aliphatic rings. The highest BCUT2D eigenvalue weighted by molar-refractivity contribution is 5.71. The van der Waals surface area contributed by atoms with Crippen LogP contribution in [0.25, 0.3) is 0 Å². The Balaban J connectivity index is 1.32. The normalized spacial score (nSPS) is 23.1. The number of phenols is 15. The van der Waals surface area contributed by atoms with Crippen molar-refractivity contribution in [2.45, 2.75) is 54.9 Å². The van der Waals surface area contributed by atoms with E-state index < -0.39 is 169 Å². The molecule has 0 bridgehead atoms. The first-order valence-corrected chi connectivity index (χ1v) is 19.7. The lowest BCUT2D eigenvalue weighted by Gasteiger charge is -2.43. The molecule has 3 heterocycles. The van der Waals surface area contributed by atoms with E-state index in [1.807, 2.05) is 0 Å². The molecule has 344 valence electrons. The first kappa shape index (κ1) is 42.9. The van der Waals surface area contributed by atoms with Gasteiger partial charge in [-0.25, -0.2) is 0 Å². The van der Waals surface area contributed by atoms with Crippen LogP contribution in [-0.4, -0.2) is 110 Å². The third-order valence-corrected chi connectivity index (χ3v) is 12.1. The molecule has 6 aromatic rings. The second-order valence-corrected chi connectivity index (χ2v) is 16.1. The van der Waals surface area contributed by atoms with Gasteiger partial charge < -0.3 is 106 Å². The largest absolute Gasteiger partial charge is 0.508 e. The number of aliphatic hydroxyl groups excluding tert-OH is 3. The zero-order chi connectivity index (χ0) is 47.5. The SMILES string of the molecule is Oc1cc(O)c2c(c1)O[C@H](c1cc(O)c(O)c(O)c1)[C@@H](O)[C@@H]2c1c(O)cc(O)c2c1O[C@H](c1cc(O)c(O)c(O)c1)[C@@H](O)[C@H]2c1c(O)cc(O)c2c1O[C@@H](c1cc(O)c(O)c(O)c1)[C@@H](O)C2. The lowest BCUT2D eigenvalue weighted by molar-refractivity contribution is -0.00571. The van der Waals surface area contributed by atoms with Gasteiger partial charge in [-0.2, -0.15) is 0 Å². The highest BCUT2D eigenvalue weighted by atomic mass is 16.5. The van der Waals surface area contributed by atoms with Crippen molar-refractivity contribution in [3.8, 4) is 103 Å². The van der Waals surface area contributed by atoms with E-state index in [1.54, 1.807) is 0 Å². The molecule has 3 aliphatic heterocycles. The van der Waals surface area contributed by atoms with E-state index in [0.717, 1.165) is 60.7 Å². The molecule has 0 radical (unpaired) electrons. The van der Waals surface area contributed by atoms with Gasteiger partial charge in [0, 0.05) is 75.2 Å². The third kappa shape index (κ3) is 6.51. The Bertz CT molecular complexity index is 2940. The van der Waals surface area contributed by atoms with Gasteiger partial charge in [0.2, 0.25) is 0 Å². The van der Waals surface area contributed by atoms with Gasteiger partial charge in [0.15, 0.2) is 70.1 Å². The fourth-order valence-electron chi connectivity index (χ4n) is 9.16. The number of aromatic hydroxyl groups is 15. The van der Waals surface area contributed by atoms with Crippen molar-refractivity contribution in [3.05, 3.63) is 105 Å². The summed E-state index contributed by atoms with van der Waals surface area (Å²) in [6, 6.07) is 8.95.